The van der Waals surface area contributed by atoms with Gasteiger partial charge in [-0.3, -0.25) is 0 Å². The van der Waals surface area contributed by atoms with Gasteiger partial charge in [-0.25, -0.2) is 9.98 Å². The summed E-state index contributed by atoms with van der Waals surface area (Å²) in [7, 11) is 1.96. The zero-order valence-electron chi connectivity index (χ0n) is 9.23. The molecule has 14 heavy (non-hydrogen) atoms. The van der Waals surface area contributed by atoms with Gasteiger partial charge in [-0.1, -0.05) is 20.8 Å². The van der Waals surface area contributed by atoms with E-state index in [0.717, 1.165) is 5.82 Å². The van der Waals surface area contributed by atoms with Gasteiger partial charge in [0.05, 0.1) is 0 Å². The van der Waals surface area contributed by atoms with Crippen LogP contribution < -0.4 is 0 Å². The highest BCUT2D eigenvalue weighted by molar-refractivity contribution is 5.76. The van der Waals surface area contributed by atoms with Crippen molar-refractivity contribution in [2.24, 2.45) is 22.4 Å². The molecule has 0 bridgehead atoms. The topological polar surface area (TPSA) is 29.6 Å². The van der Waals surface area contributed by atoms with Crippen molar-refractivity contribution < 1.29 is 0 Å². The lowest BCUT2D eigenvalue weighted by Gasteiger charge is -2.08. The fourth-order valence-corrected chi connectivity index (χ4v) is 0.936. The standard InChI is InChI=1S/C11H17N3/c1-11(2,3)8-12-9-13-10-6-5-7-14(10)4/h5-9H,1-4H3/b12-8+,13-9-. The molecule has 0 atom stereocenters. The van der Waals surface area contributed by atoms with Crippen LogP contribution in [0.4, 0.5) is 5.82 Å². The van der Waals surface area contributed by atoms with Crippen LogP contribution in [0.5, 0.6) is 0 Å². The molecule has 3 heteroatoms. The fourth-order valence-electron chi connectivity index (χ4n) is 0.936. The third-order valence-corrected chi connectivity index (χ3v) is 1.63. The van der Waals surface area contributed by atoms with Crippen molar-refractivity contribution in [2.45, 2.75) is 20.8 Å². The minimum absolute atomic E-state index is 0.111. The Balaban J connectivity index is 2.58. The molecular weight excluding hydrogens is 174 g/mol. The Labute approximate surface area is 85.2 Å². The molecule has 0 aliphatic heterocycles. The summed E-state index contributed by atoms with van der Waals surface area (Å²) in [6.45, 7) is 6.31. The molecule has 0 radical (unpaired) electrons. The van der Waals surface area contributed by atoms with E-state index in [0.29, 0.717) is 0 Å². The maximum atomic E-state index is 4.21. The highest BCUT2D eigenvalue weighted by Crippen LogP contribution is 2.10. The first-order valence-corrected chi connectivity index (χ1v) is 4.67. The molecule has 0 spiro atoms. The van der Waals surface area contributed by atoms with E-state index in [2.05, 4.69) is 30.8 Å². The van der Waals surface area contributed by atoms with Gasteiger partial charge in [0.15, 0.2) is 0 Å². The lowest BCUT2D eigenvalue weighted by molar-refractivity contribution is 0.608. The number of rotatable bonds is 2. The molecule has 0 aliphatic carbocycles. The van der Waals surface area contributed by atoms with Crippen LogP contribution in [0.25, 0.3) is 0 Å². The van der Waals surface area contributed by atoms with Crippen molar-refractivity contribution in [1.82, 2.24) is 4.57 Å². The summed E-state index contributed by atoms with van der Waals surface area (Å²) in [5.74, 6) is 0.913. The molecule has 0 unspecified atom stereocenters. The third kappa shape index (κ3) is 3.56. The van der Waals surface area contributed by atoms with Gasteiger partial charge in [-0.2, -0.15) is 0 Å². The average Bonchev–Trinajstić information content (AvgIpc) is 2.44. The Kier molecular flexibility index (Phi) is 3.23. The van der Waals surface area contributed by atoms with Crippen molar-refractivity contribution in [3.05, 3.63) is 18.3 Å². The van der Waals surface area contributed by atoms with Crippen molar-refractivity contribution in [3.8, 4) is 0 Å². The van der Waals surface area contributed by atoms with Crippen LogP contribution in [0.3, 0.4) is 0 Å². The van der Waals surface area contributed by atoms with E-state index in [1.807, 2.05) is 36.2 Å². The smallest absolute Gasteiger partial charge is 0.134 e. The Morgan fingerprint density at radius 2 is 2.07 bits per heavy atom. The summed E-state index contributed by atoms with van der Waals surface area (Å²) in [5, 5.41) is 0. The Bertz CT molecular complexity index is 340. The largest absolute Gasteiger partial charge is 0.336 e. The monoisotopic (exact) mass is 191 g/mol. The van der Waals surface area contributed by atoms with E-state index in [4.69, 9.17) is 0 Å². The van der Waals surface area contributed by atoms with Gasteiger partial charge in [0.25, 0.3) is 0 Å². The maximum Gasteiger partial charge on any atom is 0.134 e. The molecule has 1 rings (SSSR count). The van der Waals surface area contributed by atoms with Crippen LogP contribution in [-0.4, -0.2) is 17.1 Å². The number of hydrogen-bond donors (Lipinski definition) is 0. The fraction of sp³-hybridized carbons (Fsp3) is 0.455. The minimum Gasteiger partial charge on any atom is -0.336 e. The van der Waals surface area contributed by atoms with E-state index in [1.165, 1.54) is 0 Å². The van der Waals surface area contributed by atoms with Gasteiger partial charge in [0, 0.05) is 19.5 Å². The quantitative estimate of drug-likeness (QED) is 0.508. The van der Waals surface area contributed by atoms with Crippen LogP contribution in [0.1, 0.15) is 20.8 Å². The first-order valence-electron chi connectivity index (χ1n) is 4.67. The molecule has 0 saturated carbocycles. The van der Waals surface area contributed by atoms with Crippen LogP contribution in [0.15, 0.2) is 28.3 Å². The predicted octanol–water partition coefficient (Wildman–Crippen LogP) is 2.80. The first-order chi connectivity index (χ1) is 6.49. The number of hydrogen-bond acceptors (Lipinski definition) is 1. The highest BCUT2D eigenvalue weighted by atomic mass is 15.0. The molecule has 3 nitrogen and oxygen atoms in total. The zero-order chi connectivity index (χ0) is 10.6. The molecule has 0 aromatic carbocycles. The summed E-state index contributed by atoms with van der Waals surface area (Å²) in [6, 6.07) is 3.91. The molecule has 0 fully saturated rings. The Morgan fingerprint density at radius 3 is 2.57 bits per heavy atom. The van der Waals surface area contributed by atoms with Crippen molar-refractivity contribution in [2.75, 3.05) is 0 Å². The van der Waals surface area contributed by atoms with Gasteiger partial charge in [0.1, 0.15) is 12.2 Å². The van der Waals surface area contributed by atoms with Crippen molar-refractivity contribution in [3.63, 3.8) is 0 Å². The molecule has 1 aromatic rings. The molecule has 76 valence electrons. The van der Waals surface area contributed by atoms with Crippen molar-refractivity contribution in [1.29, 1.82) is 0 Å². The summed E-state index contributed by atoms with van der Waals surface area (Å²) in [6.07, 6.45) is 5.43. The first kappa shape index (κ1) is 10.7. The summed E-state index contributed by atoms with van der Waals surface area (Å²) < 4.78 is 1.95. The van der Waals surface area contributed by atoms with Crippen LogP contribution in [0.2, 0.25) is 0 Å². The normalized spacial score (nSPS) is 13.1. The second-order valence-electron chi connectivity index (χ2n) is 4.37. The van der Waals surface area contributed by atoms with Crippen LogP contribution in [-0.2, 0) is 7.05 Å². The van der Waals surface area contributed by atoms with Gasteiger partial charge in [0.2, 0.25) is 0 Å². The molecule has 1 aromatic heterocycles. The number of nitrogens with zero attached hydrogens (tertiary/aromatic N) is 3. The minimum atomic E-state index is 0.111. The van der Waals surface area contributed by atoms with Crippen molar-refractivity contribution >= 4 is 18.4 Å². The molecule has 0 amide bonds. The van der Waals surface area contributed by atoms with Crippen LogP contribution in [0, 0.1) is 5.41 Å². The second-order valence-corrected chi connectivity index (χ2v) is 4.37. The lowest BCUT2D eigenvalue weighted by Crippen LogP contribution is -2.05. The van der Waals surface area contributed by atoms with E-state index in [1.54, 1.807) is 6.34 Å². The van der Waals surface area contributed by atoms with E-state index >= 15 is 0 Å². The summed E-state index contributed by atoms with van der Waals surface area (Å²) in [4.78, 5) is 8.34. The lowest BCUT2D eigenvalue weighted by atomic mass is 9.99. The van der Waals surface area contributed by atoms with Gasteiger partial charge < -0.3 is 4.57 Å². The Hall–Kier alpha value is -1.38. The maximum absolute atomic E-state index is 4.21. The number of aliphatic imine (C=N–C) groups is 2. The summed E-state index contributed by atoms with van der Waals surface area (Å²) >= 11 is 0. The van der Waals surface area contributed by atoms with Gasteiger partial charge in [-0.15, -0.1) is 0 Å². The van der Waals surface area contributed by atoms with E-state index in [-0.39, 0.29) is 5.41 Å². The van der Waals surface area contributed by atoms with Gasteiger partial charge in [-0.05, 0) is 17.5 Å². The van der Waals surface area contributed by atoms with Gasteiger partial charge >= 0.3 is 0 Å². The predicted molar refractivity (Wildman–Crippen MR) is 61.5 cm³/mol. The second kappa shape index (κ2) is 4.22. The molecular formula is C11H17N3. The molecule has 1 heterocycles. The van der Waals surface area contributed by atoms with E-state index < -0.39 is 0 Å². The average molecular weight is 191 g/mol. The zero-order valence-corrected chi connectivity index (χ0v) is 9.23. The van der Waals surface area contributed by atoms with Crippen LogP contribution >= 0.6 is 0 Å². The number of aryl methyl sites for hydroxylation is 1. The Morgan fingerprint density at radius 1 is 1.36 bits per heavy atom. The molecule has 0 aliphatic rings. The summed E-state index contributed by atoms with van der Waals surface area (Å²) in [5.41, 5.74) is 0.111. The molecule has 0 saturated heterocycles. The molecule has 0 N–H and O–H groups in total. The highest BCUT2D eigenvalue weighted by Gasteiger charge is 2.03. The van der Waals surface area contributed by atoms with E-state index in [9.17, 15) is 0 Å². The third-order valence-electron chi connectivity index (χ3n) is 1.63. The SMILES string of the molecule is Cn1cccc1/N=C\N=C\C(C)(C)C. The number of aromatic nitrogens is 1.